The van der Waals surface area contributed by atoms with Crippen molar-refractivity contribution in [2.75, 3.05) is 20.2 Å². The van der Waals surface area contributed by atoms with E-state index in [-0.39, 0.29) is 17.6 Å². The first-order valence-corrected chi connectivity index (χ1v) is 8.57. The lowest BCUT2D eigenvalue weighted by molar-refractivity contribution is 0.0273. The van der Waals surface area contributed by atoms with Gasteiger partial charge < -0.3 is 14.5 Å². The van der Waals surface area contributed by atoms with E-state index < -0.39 is 5.97 Å². The van der Waals surface area contributed by atoms with Crippen LogP contribution < -0.4 is 5.32 Å². The zero-order valence-electron chi connectivity index (χ0n) is 14.3. The van der Waals surface area contributed by atoms with Crippen molar-refractivity contribution in [2.24, 2.45) is 5.92 Å². The van der Waals surface area contributed by atoms with Crippen molar-refractivity contribution >= 4 is 22.8 Å². The number of hydrogen-bond acceptors (Lipinski definition) is 6. The van der Waals surface area contributed by atoms with Crippen LogP contribution in [-0.4, -0.2) is 54.0 Å². The second-order valence-electron chi connectivity index (χ2n) is 6.92. The van der Waals surface area contributed by atoms with Crippen LogP contribution in [0.15, 0.2) is 22.9 Å². The van der Waals surface area contributed by atoms with E-state index in [0.29, 0.717) is 28.5 Å². The summed E-state index contributed by atoms with van der Waals surface area (Å²) in [6, 6.07) is 2.33. The molecule has 0 radical (unpaired) electrons. The summed E-state index contributed by atoms with van der Waals surface area (Å²) in [6.07, 6.45) is 5.03. The fourth-order valence-electron chi connectivity index (χ4n) is 4.03. The minimum absolute atomic E-state index is 0.152. The van der Waals surface area contributed by atoms with Crippen LogP contribution in [0.4, 0.5) is 0 Å². The number of nitrogens with one attached hydrogen (secondary N) is 1. The number of pyridine rings is 1. The smallest absolute Gasteiger partial charge is 0.341 e. The maximum absolute atomic E-state index is 12.6. The van der Waals surface area contributed by atoms with E-state index in [0.717, 1.165) is 25.9 Å². The molecule has 2 bridgehead atoms. The van der Waals surface area contributed by atoms with Crippen molar-refractivity contribution in [3.63, 3.8) is 0 Å². The highest BCUT2D eigenvalue weighted by Gasteiger charge is 2.38. The number of carbonyl (C=O) groups excluding carboxylic acids is 2. The second-order valence-corrected chi connectivity index (χ2v) is 6.92. The number of rotatable bonds is 3. The average molecular weight is 343 g/mol. The third-order valence-electron chi connectivity index (χ3n) is 5.47. The molecule has 0 aromatic carbocycles. The predicted molar refractivity (Wildman–Crippen MR) is 90.4 cm³/mol. The Bertz CT molecular complexity index is 831. The molecular formula is C18H21N3O4. The summed E-state index contributed by atoms with van der Waals surface area (Å²) in [5.41, 5.74) is 1.03. The molecule has 4 atom stereocenters. The van der Waals surface area contributed by atoms with Crippen molar-refractivity contribution in [3.8, 4) is 0 Å². The topological polar surface area (TPSA) is 84.7 Å². The lowest BCUT2D eigenvalue weighted by Gasteiger charge is -2.48. The minimum atomic E-state index is -0.498. The Labute approximate surface area is 145 Å². The number of amides is 1. The summed E-state index contributed by atoms with van der Waals surface area (Å²) in [5.74, 6) is -0.194. The van der Waals surface area contributed by atoms with Crippen LogP contribution in [0.1, 0.15) is 40.6 Å². The van der Waals surface area contributed by atoms with Crippen molar-refractivity contribution in [1.29, 1.82) is 0 Å². The first-order chi connectivity index (χ1) is 12.1. The van der Waals surface area contributed by atoms with Gasteiger partial charge in [-0.25, -0.2) is 9.78 Å². The van der Waals surface area contributed by atoms with Crippen LogP contribution >= 0.6 is 0 Å². The Morgan fingerprint density at radius 1 is 1.44 bits per heavy atom. The average Bonchev–Trinajstić information content (AvgIpc) is 3.05. The van der Waals surface area contributed by atoms with Crippen LogP contribution in [0.3, 0.4) is 0 Å². The highest BCUT2D eigenvalue weighted by atomic mass is 16.5. The summed E-state index contributed by atoms with van der Waals surface area (Å²) in [7, 11) is 1.31. The maximum atomic E-state index is 12.6. The van der Waals surface area contributed by atoms with E-state index in [4.69, 9.17) is 9.15 Å². The third-order valence-corrected chi connectivity index (χ3v) is 5.47. The van der Waals surface area contributed by atoms with E-state index >= 15 is 0 Å². The van der Waals surface area contributed by atoms with Gasteiger partial charge in [-0.15, -0.1) is 0 Å². The van der Waals surface area contributed by atoms with Gasteiger partial charge in [-0.3, -0.25) is 9.69 Å². The number of aromatic nitrogens is 1. The molecule has 3 aliphatic heterocycles. The van der Waals surface area contributed by atoms with Gasteiger partial charge in [-0.1, -0.05) is 0 Å². The van der Waals surface area contributed by atoms with E-state index in [1.165, 1.54) is 19.6 Å². The molecule has 1 amide bonds. The number of hydrogen-bond donors (Lipinski definition) is 1. The number of carbonyl (C=O) groups is 2. The SMILES string of the molecule is COC(=O)c1coc2cnc(C(=O)NC3CN4CCC3CC4C)cc12. The fraction of sp³-hybridized carbons (Fsp3) is 0.500. The Hall–Kier alpha value is -2.41. The van der Waals surface area contributed by atoms with E-state index in [1.807, 2.05) is 0 Å². The summed E-state index contributed by atoms with van der Waals surface area (Å²) >= 11 is 0. The third kappa shape index (κ3) is 2.78. The molecule has 2 aromatic rings. The molecule has 4 unspecified atom stereocenters. The van der Waals surface area contributed by atoms with Gasteiger partial charge in [0.05, 0.1) is 13.3 Å². The minimum Gasteiger partial charge on any atom is -0.465 e. The molecule has 2 aromatic heterocycles. The van der Waals surface area contributed by atoms with Gasteiger partial charge in [0.1, 0.15) is 17.5 Å². The molecule has 0 saturated carbocycles. The van der Waals surface area contributed by atoms with Crippen LogP contribution in [0.5, 0.6) is 0 Å². The molecule has 25 heavy (non-hydrogen) atoms. The number of furan rings is 1. The zero-order valence-corrected chi connectivity index (χ0v) is 14.3. The van der Waals surface area contributed by atoms with Gasteiger partial charge in [-0.05, 0) is 38.3 Å². The van der Waals surface area contributed by atoms with Crippen LogP contribution in [0, 0.1) is 5.92 Å². The highest BCUT2D eigenvalue weighted by Crippen LogP contribution is 2.32. The first kappa shape index (κ1) is 16.1. The molecule has 0 spiro atoms. The summed E-state index contributed by atoms with van der Waals surface area (Å²) in [4.78, 5) is 31.0. The molecule has 0 aliphatic carbocycles. The van der Waals surface area contributed by atoms with E-state index in [1.54, 1.807) is 6.07 Å². The number of ether oxygens (including phenoxy) is 1. The largest absolute Gasteiger partial charge is 0.465 e. The van der Waals surface area contributed by atoms with Gasteiger partial charge in [0.25, 0.3) is 5.91 Å². The Morgan fingerprint density at radius 2 is 2.28 bits per heavy atom. The Kier molecular flexibility index (Phi) is 3.95. The number of piperidine rings is 3. The maximum Gasteiger partial charge on any atom is 0.341 e. The lowest BCUT2D eigenvalue weighted by atomic mass is 9.80. The van der Waals surface area contributed by atoms with Crippen LogP contribution in [0.25, 0.3) is 11.0 Å². The van der Waals surface area contributed by atoms with Gasteiger partial charge in [0.2, 0.25) is 0 Å². The molecule has 3 saturated heterocycles. The monoisotopic (exact) mass is 343 g/mol. The van der Waals surface area contributed by atoms with Crippen molar-refractivity contribution in [1.82, 2.24) is 15.2 Å². The number of nitrogens with zero attached hydrogens (tertiary/aromatic N) is 2. The van der Waals surface area contributed by atoms with Crippen LogP contribution in [-0.2, 0) is 4.74 Å². The quantitative estimate of drug-likeness (QED) is 0.856. The molecule has 5 rings (SSSR count). The number of methoxy groups -OCH3 is 1. The molecule has 5 heterocycles. The summed E-state index contributed by atoms with van der Waals surface area (Å²) < 4.78 is 10.0. The van der Waals surface area contributed by atoms with Gasteiger partial charge in [-0.2, -0.15) is 0 Å². The molecule has 3 fully saturated rings. The second kappa shape index (κ2) is 6.15. The molecule has 7 heteroatoms. The highest BCUT2D eigenvalue weighted by molar-refractivity contribution is 6.05. The summed E-state index contributed by atoms with van der Waals surface area (Å²) in [5, 5.41) is 3.65. The van der Waals surface area contributed by atoms with Gasteiger partial charge in [0.15, 0.2) is 5.58 Å². The Morgan fingerprint density at radius 3 is 2.96 bits per heavy atom. The molecule has 7 nitrogen and oxygen atoms in total. The molecular weight excluding hydrogens is 322 g/mol. The summed E-state index contributed by atoms with van der Waals surface area (Å²) in [6.45, 7) is 4.24. The van der Waals surface area contributed by atoms with Crippen molar-refractivity contribution in [3.05, 3.63) is 29.8 Å². The predicted octanol–water partition coefficient (Wildman–Crippen LogP) is 1.83. The lowest BCUT2D eigenvalue weighted by Crippen LogP contribution is -2.60. The van der Waals surface area contributed by atoms with E-state index in [9.17, 15) is 9.59 Å². The zero-order chi connectivity index (χ0) is 17.6. The number of fused-ring (bicyclic) bond motifs is 4. The van der Waals surface area contributed by atoms with Crippen molar-refractivity contribution < 1.29 is 18.7 Å². The molecule has 1 N–H and O–H groups in total. The first-order valence-electron chi connectivity index (χ1n) is 8.57. The van der Waals surface area contributed by atoms with Crippen LogP contribution in [0.2, 0.25) is 0 Å². The van der Waals surface area contributed by atoms with Gasteiger partial charge >= 0.3 is 5.97 Å². The van der Waals surface area contributed by atoms with Gasteiger partial charge in [0, 0.05) is 24.0 Å². The Balaban J connectivity index is 1.55. The fourth-order valence-corrected chi connectivity index (χ4v) is 4.03. The normalized spacial score (nSPS) is 28.1. The standard InChI is InChI=1S/C18H21N3O4/c1-10-5-11-3-4-21(10)8-15(11)20-17(22)14-6-12-13(18(23)24-2)9-25-16(12)7-19-14/h6-7,9-11,15H,3-5,8H2,1-2H3,(H,20,22). The van der Waals surface area contributed by atoms with Crippen molar-refractivity contribution in [2.45, 2.75) is 31.8 Å². The molecule has 3 aliphatic rings. The number of esters is 1. The molecule has 132 valence electrons. The van der Waals surface area contributed by atoms with E-state index in [2.05, 4.69) is 22.1 Å².